The standard InChI is InChI=1S/C12H21N3O3S/c1-5-18-12(16)10-11(13)15(9(3)14-10)7-6-8(2)19(4)17/h8H,5-7,13H2,1-4H3. The molecule has 19 heavy (non-hydrogen) atoms. The Morgan fingerprint density at radius 3 is 2.74 bits per heavy atom. The second-order valence-corrected chi connectivity index (χ2v) is 6.16. The summed E-state index contributed by atoms with van der Waals surface area (Å²) in [7, 11) is -0.868. The van der Waals surface area contributed by atoms with Crippen molar-refractivity contribution in [2.24, 2.45) is 0 Å². The van der Waals surface area contributed by atoms with Crippen molar-refractivity contribution in [3.05, 3.63) is 11.5 Å². The summed E-state index contributed by atoms with van der Waals surface area (Å²) in [4.78, 5) is 15.8. The highest BCUT2D eigenvalue weighted by Gasteiger charge is 2.20. The fraction of sp³-hybridized carbons (Fsp3) is 0.667. The van der Waals surface area contributed by atoms with Gasteiger partial charge in [0.2, 0.25) is 0 Å². The third-order valence-electron chi connectivity index (χ3n) is 2.99. The molecule has 0 fully saturated rings. The van der Waals surface area contributed by atoms with Gasteiger partial charge in [-0.25, -0.2) is 9.78 Å². The van der Waals surface area contributed by atoms with E-state index in [1.807, 2.05) is 6.92 Å². The summed E-state index contributed by atoms with van der Waals surface area (Å²) in [6, 6.07) is 0. The van der Waals surface area contributed by atoms with Crippen LogP contribution in [0.15, 0.2) is 0 Å². The molecule has 6 nitrogen and oxygen atoms in total. The number of aromatic nitrogens is 2. The van der Waals surface area contributed by atoms with Gasteiger partial charge in [0.15, 0.2) is 5.69 Å². The third-order valence-corrected chi connectivity index (χ3v) is 4.36. The fourth-order valence-electron chi connectivity index (χ4n) is 1.69. The monoisotopic (exact) mass is 287 g/mol. The SMILES string of the molecule is CCOC(=O)c1nc(C)n(CCC(C)S(C)=O)c1N. The first-order valence-electron chi connectivity index (χ1n) is 6.20. The van der Waals surface area contributed by atoms with E-state index >= 15 is 0 Å². The van der Waals surface area contributed by atoms with Gasteiger partial charge in [-0.1, -0.05) is 6.92 Å². The predicted octanol–water partition coefficient (Wildman–Crippen LogP) is 1.11. The second kappa shape index (κ2) is 6.70. The molecule has 1 aromatic heterocycles. The largest absolute Gasteiger partial charge is 0.461 e. The normalized spacial score (nSPS) is 14.1. The fourth-order valence-corrected chi connectivity index (χ4v) is 2.13. The Balaban J connectivity index is 2.85. The maximum atomic E-state index is 11.7. The number of anilines is 1. The molecule has 0 aliphatic heterocycles. The van der Waals surface area contributed by atoms with Crippen LogP contribution in [0.1, 0.15) is 36.6 Å². The number of hydrogen-bond acceptors (Lipinski definition) is 5. The van der Waals surface area contributed by atoms with Crippen LogP contribution < -0.4 is 5.73 Å². The minimum absolute atomic E-state index is 0.0762. The van der Waals surface area contributed by atoms with Crippen molar-refractivity contribution >= 4 is 22.6 Å². The highest BCUT2D eigenvalue weighted by molar-refractivity contribution is 7.84. The summed E-state index contributed by atoms with van der Waals surface area (Å²) in [6.07, 6.45) is 2.39. The van der Waals surface area contributed by atoms with Gasteiger partial charge in [0.25, 0.3) is 0 Å². The molecule has 1 aromatic rings. The molecule has 0 amide bonds. The second-order valence-electron chi connectivity index (χ2n) is 4.36. The maximum absolute atomic E-state index is 11.7. The number of nitrogens with two attached hydrogens (primary N) is 1. The summed E-state index contributed by atoms with van der Waals surface area (Å²) in [5.74, 6) is 0.466. The Labute approximate surface area is 115 Å². The van der Waals surface area contributed by atoms with Crippen LogP contribution in [-0.4, -0.2) is 37.8 Å². The van der Waals surface area contributed by atoms with Gasteiger partial charge in [-0.05, 0) is 20.3 Å². The lowest BCUT2D eigenvalue weighted by molar-refractivity contribution is 0.0521. The third kappa shape index (κ3) is 3.79. The first-order valence-corrected chi connectivity index (χ1v) is 7.82. The lowest BCUT2D eigenvalue weighted by atomic mass is 10.3. The van der Waals surface area contributed by atoms with E-state index in [-0.39, 0.29) is 17.6 Å². The molecule has 7 heteroatoms. The Kier molecular flexibility index (Phi) is 5.53. The Bertz CT molecular complexity index is 485. The highest BCUT2D eigenvalue weighted by atomic mass is 32.2. The van der Waals surface area contributed by atoms with Crippen molar-refractivity contribution in [1.82, 2.24) is 9.55 Å². The molecule has 0 aliphatic rings. The number of carbonyl (C=O) groups excluding carboxylic acids is 1. The van der Waals surface area contributed by atoms with Gasteiger partial charge in [-0.2, -0.15) is 0 Å². The molecule has 0 saturated heterocycles. The lowest BCUT2D eigenvalue weighted by Gasteiger charge is -2.11. The zero-order valence-corrected chi connectivity index (χ0v) is 12.6. The average Bonchev–Trinajstić information content (AvgIpc) is 2.62. The number of ether oxygens (including phenoxy) is 1. The van der Waals surface area contributed by atoms with Gasteiger partial charge >= 0.3 is 5.97 Å². The lowest BCUT2D eigenvalue weighted by Crippen LogP contribution is -2.15. The zero-order chi connectivity index (χ0) is 14.6. The minimum Gasteiger partial charge on any atom is -0.461 e. The van der Waals surface area contributed by atoms with E-state index in [0.717, 1.165) is 0 Å². The number of nitrogen functional groups attached to an aromatic ring is 1. The van der Waals surface area contributed by atoms with Gasteiger partial charge < -0.3 is 15.0 Å². The molecule has 0 bridgehead atoms. The van der Waals surface area contributed by atoms with Crippen molar-refractivity contribution in [2.45, 2.75) is 39.0 Å². The van der Waals surface area contributed by atoms with Crippen LogP contribution in [-0.2, 0) is 22.1 Å². The van der Waals surface area contributed by atoms with Crippen LogP contribution in [0.4, 0.5) is 5.82 Å². The molecule has 0 aliphatic carbocycles. The molecule has 0 aromatic carbocycles. The van der Waals surface area contributed by atoms with E-state index in [9.17, 15) is 9.00 Å². The van der Waals surface area contributed by atoms with Gasteiger partial charge in [0, 0.05) is 28.9 Å². The molecular formula is C12H21N3O3S. The van der Waals surface area contributed by atoms with Crippen LogP contribution in [0.5, 0.6) is 0 Å². The summed E-state index contributed by atoms with van der Waals surface area (Å²) >= 11 is 0. The van der Waals surface area contributed by atoms with Crippen LogP contribution in [0.3, 0.4) is 0 Å². The zero-order valence-electron chi connectivity index (χ0n) is 11.8. The molecule has 0 spiro atoms. The van der Waals surface area contributed by atoms with Crippen molar-refractivity contribution in [3.63, 3.8) is 0 Å². The van der Waals surface area contributed by atoms with E-state index < -0.39 is 16.8 Å². The number of hydrogen-bond donors (Lipinski definition) is 1. The van der Waals surface area contributed by atoms with Gasteiger partial charge in [0.05, 0.1) is 6.61 Å². The first-order chi connectivity index (χ1) is 8.88. The molecule has 2 N–H and O–H groups in total. The number of rotatable bonds is 6. The quantitative estimate of drug-likeness (QED) is 0.792. The van der Waals surface area contributed by atoms with E-state index in [1.165, 1.54) is 0 Å². The predicted molar refractivity (Wildman–Crippen MR) is 75.5 cm³/mol. The van der Waals surface area contributed by atoms with E-state index in [0.29, 0.717) is 24.6 Å². The Morgan fingerprint density at radius 2 is 2.21 bits per heavy atom. The van der Waals surface area contributed by atoms with Gasteiger partial charge in [-0.3, -0.25) is 4.21 Å². The summed E-state index contributed by atoms with van der Waals surface area (Å²) in [5.41, 5.74) is 6.08. The number of nitrogens with zero attached hydrogens (tertiary/aromatic N) is 2. The molecule has 1 heterocycles. The van der Waals surface area contributed by atoms with Crippen LogP contribution >= 0.6 is 0 Å². The van der Waals surface area contributed by atoms with E-state index in [2.05, 4.69) is 4.98 Å². The summed E-state index contributed by atoms with van der Waals surface area (Å²) in [5, 5.41) is 0.0762. The minimum atomic E-state index is -0.868. The molecular weight excluding hydrogens is 266 g/mol. The number of carbonyl (C=O) groups is 1. The van der Waals surface area contributed by atoms with Crippen LogP contribution in [0.2, 0.25) is 0 Å². The number of aryl methyl sites for hydroxylation is 1. The Morgan fingerprint density at radius 1 is 1.58 bits per heavy atom. The van der Waals surface area contributed by atoms with E-state index in [4.69, 9.17) is 10.5 Å². The Hall–Kier alpha value is -1.37. The molecule has 2 unspecified atom stereocenters. The van der Waals surface area contributed by atoms with Gasteiger partial charge in [0.1, 0.15) is 11.6 Å². The van der Waals surface area contributed by atoms with Crippen molar-refractivity contribution < 1.29 is 13.7 Å². The molecule has 1 rings (SSSR count). The highest BCUT2D eigenvalue weighted by Crippen LogP contribution is 2.17. The van der Waals surface area contributed by atoms with Crippen LogP contribution in [0.25, 0.3) is 0 Å². The van der Waals surface area contributed by atoms with Crippen molar-refractivity contribution in [3.8, 4) is 0 Å². The summed E-state index contributed by atoms with van der Waals surface area (Å²) < 4.78 is 18.0. The molecule has 0 saturated carbocycles. The number of imidazole rings is 1. The topological polar surface area (TPSA) is 87.2 Å². The smallest absolute Gasteiger partial charge is 0.360 e. The van der Waals surface area contributed by atoms with Crippen LogP contribution in [0, 0.1) is 6.92 Å². The molecule has 0 radical (unpaired) electrons. The summed E-state index contributed by atoms with van der Waals surface area (Å²) in [6.45, 7) is 6.31. The molecule has 108 valence electrons. The molecule has 2 atom stereocenters. The maximum Gasteiger partial charge on any atom is 0.360 e. The van der Waals surface area contributed by atoms with Crippen molar-refractivity contribution in [1.29, 1.82) is 0 Å². The number of esters is 1. The van der Waals surface area contributed by atoms with Gasteiger partial charge in [-0.15, -0.1) is 0 Å². The van der Waals surface area contributed by atoms with E-state index in [1.54, 1.807) is 24.7 Å². The average molecular weight is 287 g/mol. The van der Waals surface area contributed by atoms with Crippen molar-refractivity contribution in [2.75, 3.05) is 18.6 Å². The first kappa shape index (κ1) is 15.7.